The van der Waals surface area contributed by atoms with Crippen molar-refractivity contribution in [2.75, 3.05) is 31.6 Å². The molecule has 1 amide bonds. The third kappa shape index (κ3) is 4.52. The number of benzene rings is 1. The zero-order chi connectivity index (χ0) is 14.5. The van der Waals surface area contributed by atoms with E-state index in [9.17, 15) is 4.79 Å². The standard InChI is InChI=1S/C16H22N2O3.ClH/c19-16(4-1-12-5-7-17-8-6-12)18-13-2-3-14-15(11-13)21-10-9-20-14;/h2-3,11-12,17H,1,4-10H2,(H,18,19);1H. The normalized spacial score (nSPS) is 17.5. The van der Waals surface area contributed by atoms with Crippen LogP contribution in [0.5, 0.6) is 11.5 Å². The fourth-order valence-corrected chi connectivity index (χ4v) is 2.85. The molecule has 1 aromatic rings. The summed E-state index contributed by atoms with van der Waals surface area (Å²) < 4.78 is 11.0. The van der Waals surface area contributed by atoms with Gasteiger partial charge in [0.25, 0.3) is 0 Å². The number of piperidine rings is 1. The van der Waals surface area contributed by atoms with Crippen LogP contribution in [0.2, 0.25) is 0 Å². The molecule has 0 spiro atoms. The SMILES string of the molecule is Cl.O=C(CCC1CCNCC1)Nc1ccc2c(c1)OCCO2. The van der Waals surface area contributed by atoms with E-state index in [4.69, 9.17) is 9.47 Å². The van der Waals surface area contributed by atoms with Crippen LogP contribution in [0.1, 0.15) is 25.7 Å². The predicted octanol–water partition coefficient (Wildman–Crippen LogP) is 2.60. The Morgan fingerprint density at radius 3 is 2.68 bits per heavy atom. The molecular formula is C16H23ClN2O3. The minimum Gasteiger partial charge on any atom is -0.486 e. The molecule has 6 heteroatoms. The molecule has 22 heavy (non-hydrogen) atoms. The van der Waals surface area contributed by atoms with Crippen LogP contribution in [0.4, 0.5) is 5.69 Å². The van der Waals surface area contributed by atoms with Crippen molar-refractivity contribution < 1.29 is 14.3 Å². The van der Waals surface area contributed by atoms with E-state index in [0.29, 0.717) is 31.3 Å². The van der Waals surface area contributed by atoms with Crippen molar-refractivity contribution >= 4 is 24.0 Å². The van der Waals surface area contributed by atoms with Gasteiger partial charge in [-0.15, -0.1) is 12.4 Å². The second kappa shape index (κ2) is 8.25. The second-order valence-corrected chi connectivity index (χ2v) is 5.64. The fraction of sp³-hybridized carbons (Fsp3) is 0.562. The van der Waals surface area contributed by atoms with Gasteiger partial charge in [0, 0.05) is 18.2 Å². The van der Waals surface area contributed by atoms with Gasteiger partial charge < -0.3 is 20.1 Å². The average Bonchev–Trinajstić information content (AvgIpc) is 2.54. The molecule has 1 aromatic carbocycles. The topological polar surface area (TPSA) is 59.6 Å². The lowest BCUT2D eigenvalue weighted by molar-refractivity contribution is -0.116. The van der Waals surface area contributed by atoms with Gasteiger partial charge in [-0.2, -0.15) is 0 Å². The van der Waals surface area contributed by atoms with Crippen molar-refractivity contribution in [1.82, 2.24) is 5.32 Å². The number of nitrogens with one attached hydrogen (secondary N) is 2. The molecule has 0 aliphatic carbocycles. The molecule has 0 aromatic heterocycles. The van der Waals surface area contributed by atoms with Gasteiger partial charge in [0.2, 0.25) is 5.91 Å². The molecule has 2 aliphatic rings. The van der Waals surface area contributed by atoms with Crippen molar-refractivity contribution in [2.24, 2.45) is 5.92 Å². The lowest BCUT2D eigenvalue weighted by Gasteiger charge is -2.22. The zero-order valence-electron chi connectivity index (χ0n) is 12.6. The number of hydrogen-bond acceptors (Lipinski definition) is 4. The molecule has 2 heterocycles. The maximum atomic E-state index is 12.0. The summed E-state index contributed by atoms with van der Waals surface area (Å²) in [6.07, 6.45) is 3.91. The largest absolute Gasteiger partial charge is 0.486 e. The Bertz CT molecular complexity index is 504. The van der Waals surface area contributed by atoms with E-state index in [1.807, 2.05) is 18.2 Å². The maximum Gasteiger partial charge on any atom is 0.224 e. The molecular weight excluding hydrogens is 304 g/mol. The highest BCUT2D eigenvalue weighted by atomic mass is 35.5. The van der Waals surface area contributed by atoms with Crippen molar-refractivity contribution in [1.29, 1.82) is 0 Å². The second-order valence-electron chi connectivity index (χ2n) is 5.64. The summed E-state index contributed by atoms with van der Waals surface area (Å²) in [5.41, 5.74) is 0.773. The Morgan fingerprint density at radius 2 is 1.91 bits per heavy atom. The third-order valence-corrected chi connectivity index (χ3v) is 4.06. The number of halogens is 1. The summed E-state index contributed by atoms with van der Waals surface area (Å²) in [5, 5.41) is 6.29. The first-order valence-electron chi connectivity index (χ1n) is 7.71. The molecule has 5 nitrogen and oxygen atoms in total. The molecule has 122 valence electrons. The van der Waals surface area contributed by atoms with Crippen LogP contribution in [-0.2, 0) is 4.79 Å². The number of anilines is 1. The van der Waals surface area contributed by atoms with Crippen molar-refractivity contribution in [3.8, 4) is 11.5 Å². The van der Waals surface area contributed by atoms with Crippen LogP contribution in [0, 0.1) is 5.92 Å². The fourth-order valence-electron chi connectivity index (χ4n) is 2.85. The molecule has 0 unspecified atom stereocenters. The average molecular weight is 327 g/mol. The molecule has 0 atom stereocenters. The first-order chi connectivity index (χ1) is 10.3. The highest BCUT2D eigenvalue weighted by Crippen LogP contribution is 2.32. The molecule has 3 rings (SSSR count). The van der Waals surface area contributed by atoms with Gasteiger partial charge in [0.15, 0.2) is 11.5 Å². The number of fused-ring (bicyclic) bond motifs is 1. The molecule has 0 bridgehead atoms. The molecule has 0 saturated carbocycles. The van der Waals surface area contributed by atoms with Crippen LogP contribution >= 0.6 is 12.4 Å². The van der Waals surface area contributed by atoms with Crippen molar-refractivity contribution in [3.63, 3.8) is 0 Å². The zero-order valence-corrected chi connectivity index (χ0v) is 13.4. The van der Waals surface area contributed by atoms with E-state index in [-0.39, 0.29) is 18.3 Å². The summed E-state index contributed by atoms with van der Waals surface area (Å²) >= 11 is 0. The summed E-state index contributed by atoms with van der Waals surface area (Å²) in [7, 11) is 0. The number of amides is 1. The number of carbonyl (C=O) groups is 1. The van der Waals surface area contributed by atoms with Gasteiger partial charge in [0.1, 0.15) is 13.2 Å². The van der Waals surface area contributed by atoms with Crippen LogP contribution in [0.3, 0.4) is 0 Å². The molecule has 1 saturated heterocycles. The van der Waals surface area contributed by atoms with Gasteiger partial charge in [-0.25, -0.2) is 0 Å². The monoisotopic (exact) mass is 326 g/mol. The Morgan fingerprint density at radius 1 is 1.18 bits per heavy atom. The quantitative estimate of drug-likeness (QED) is 0.893. The number of carbonyl (C=O) groups excluding carboxylic acids is 1. The Kier molecular flexibility index (Phi) is 6.34. The third-order valence-electron chi connectivity index (χ3n) is 4.06. The van der Waals surface area contributed by atoms with Gasteiger partial charge in [-0.3, -0.25) is 4.79 Å². The Labute approximate surface area is 137 Å². The molecule has 1 fully saturated rings. The highest BCUT2D eigenvalue weighted by Gasteiger charge is 2.16. The van der Waals surface area contributed by atoms with Crippen molar-refractivity contribution in [2.45, 2.75) is 25.7 Å². The van der Waals surface area contributed by atoms with Gasteiger partial charge in [-0.05, 0) is 50.4 Å². The van der Waals surface area contributed by atoms with Crippen LogP contribution in [-0.4, -0.2) is 32.2 Å². The van der Waals surface area contributed by atoms with E-state index < -0.39 is 0 Å². The molecule has 2 N–H and O–H groups in total. The Balaban J connectivity index is 0.00000176. The lowest BCUT2D eigenvalue weighted by Crippen LogP contribution is -2.28. The van der Waals surface area contributed by atoms with Gasteiger partial charge in [0.05, 0.1) is 0 Å². The first kappa shape index (κ1) is 16.9. The highest BCUT2D eigenvalue weighted by molar-refractivity contribution is 5.91. The van der Waals surface area contributed by atoms with Gasteiger partial charge >= 0.3 is 0 Å². The van der Waals surface area contributed by atoms with Crippen LogP contribution in [0.25, 0.3) is 0 Å². The maximum absolute atomic E-state index is 12.0. The summed E-state index contributed by atoms with van der Waals surface area (Å²) in [6, 6.07) is 5.53. The molecule has 2 aliphatic heterocycles. The van der Waals surface area contributed by atoms with Crippen molar-refractivity contribution in [3.05, 3.63) is 18.2 Å². The van der Waals surface area contributed by atoms with E-state index >= 15 is 0 Å². The molecule has 0 radical (unpaired) electrons. The number of ether oxygens (including phenoxy) is 2. The van der Waals surface area contributed by atoms with E-state index in [1.54, 1.807) is 0 Å². The first-order valence-corrected chi connectivity index (χ1v) is 7.71. The summed E-state index contributed by atoms with van der Waals surface area (Å²) in [6.45, 7) is 3.29. The lowest BCUT2D eigenvalue weighted by atomic mass is 9.93. The Hall–Kier alpha value is -1.46. The number of hydrogen-bond donors (Lipinski definition) is 2. The van der Waals surface area contributed by atoms with E-state index in [0.717, 1.165) is 30.9 Å². The van der Waals surface area contributed by atoms with Gasteiger partial charge in [-0.1, -0.05) is 0 Å². The van der Waals surface area contributed by atoms with E-state index in [2.05, 4.69) is 10.6 Å². The predicted molar refractivity (Wildman–Crippen MR) is 88.1 cm³/mol. The minimum atomic E-state index is 0. The van der Waals surface area contributed by atoms with Crippen LogP contribution in [0.15, 0.2) is 18.2 Å². The smallest absolute Gasteiger partial charge is 0.224 e. The summed E-state index contributed by atoms with van der Waals surface area (Å²) in [5.74, 6) is 2.20. The summed E-state index contributed by atoms with van der Waals surface area (Å²) in [4.78, 5) is 12.0. The van der Waals surface area contributed by atoms with Crippen LogP contribution < -0.4 is 20.1 Å². The van der Waals surface area contributed by atoms with E-state index in [1.165, 1.54) is 12.8 Å². The number of rotatable bonds is 4. The minimum absolute atomic E-state index is 0.